The number of benzene rings is 1. The van der Waals surface area contributed by atoms with Crippen molar-refractivity contribution in [3.05, 3.63) is 54.0 Å². The normalized spacial score (nSPS) is 14.3. The SMILES string of the molecule is COc1ccc(CC(=O)N2CCN(C(=O)CCc3ccco3)CC2)cc1. The molecule has 1 saturated heterocycles. The molecule has 6 heteroatoms. The number of hydrogen-bond acceptors (Lipinski definition) is 4. The molecular formula is C20H24N2O4. The van der Waals surface area contributed by atoms with Gasteiger partial charge in [-0.15, -0.1) is 0 Å². The molecule has 0 bridgehead atoms. The van der Waals surface area contributed by atoms with Gasteiger partial charge in [0.2, 0.25) is 11.8 Å². The smallest absolute Gasteiger partial charge is 0.227 e. The second kappa shape index (κ2) is 8.56. The monoisotopic (exact) mass is 356 g/mol. The van der Waals surface area contributed by atoms with Crippen LogP contribution in [0.5, 0.6) is 5.75 Å². The third-order valence-corrected chi connectivity index (χ3v) is 4.66. The first-order valence-electron chi connectivity index (χ1n) is 8.86. The molecule has 3 rings (SSSR count). The topological polar surface area (TPSA) is 63.0 Å². The number of aryl methyl sites for hydroxylation is 1. The Labute approximate surface area is 153 Å². The molecule has 26 heavy (non-hydrogen) atoms. The molecule has 1 aliphatic heterocycles. The summed E-state index contributed by atoms with van der Waals surface area (Å²) in [6.45, 7) is 2.35. The van der Waals surface area contributed by atoms with E-state index in [4.69, 9.17) is 9.15 Å². The van der Waals surface area contributed by atoms with Crippen molar-refractivity contribution in [1.29, 1.82) is 0 Å². The molecule has 0 saturated carbocycles. The molecule has 0 aliphatic carbocycles. The van der Waals surface area contributed by atoms with Crippen LogP contribution in [0.4, 0.5) is 0 Å². The summed E-state index contributed by atoms with van der Waals surface area (Å²) in [5.74, 6) is 1.82. The number of hydrogen-bond donors (Lipinski definition) is 0. The molecule has 1 aliphatic rings. The van der Waals surface area contributed by atoms with Gasteiger partial charge in [-0.25, -0.2) is 0 Å². The molecule has 1 aromatic heterocycles. The highest BCUT2D eigenvalue weighted by atomic mass is 16.5. The van der Waals surface area contributed by atoms with Crippen molar-refractivity contribution in [3.63, 3.8) is 0 Å². The standard InChI is InChI=1S/C20H24N2O4/c1-25-17-6-4-16(5-7-17)15-20(24)22-12-10-21(11-13-22)19(23)9-8-18-3-2-14-26-18/h2-7,14H,8-13,15H2,1H3. The lowest BCUT2D eigenvalue weighted by Gasteiger charge is -2.35. The van der Waals surface area contributed by atoms with E-state index in [1.54, 1.807) is 13.4 Å². The van der Waals surface area contributed by atoms with Crippen LogP contribution in [-0.4, -0.2) is 54.9 Å². The zero-order valence-corrected chi connectivity index (χ0v) is 15.0. The first kappa shape index (κ1) is 18.0. The van der Waals surface area contributed by atoms with E-state index in [1.165, 1.54) is 0 Å². The van der Waals surface area contributed by atoms with Crippen LogP contribution in [0, 0.1) is 0 Å². The van der Waals surface area contributed by atoms with Crippen molar-refractivity contribution in [2.24, 2.45) is 0 Å². The summed E-state index contributed by atoms with van der Waals surface area (Å²) >= 11 is 0. The lowest BCUT2D eigenvalue weighted by atomic mass is 10.1. The number of ether oxygens (including phenoxy) is 1. The van der Waals surface area contributed by atoms with E-state index in [-0.39, 0.29) is 11.8 Å². The highest BCUT2D eigenvalue weighted by molar-refractivity contribution is 5.80. The van der Waals surface area contributed by atoms with Gasteiger partial charge in [0.05, 0.1) is 19.8 Å². The summed E-state index contributed by atoms with van der Waals surface area (Å²) in [6.07, 6.45) is 3.04. The minimum absolute atomic E-state index is 0.0952. The highest BCUT2D eigenvalue weighted by Crippen LogP contribution is 2.14. The van der Waals surface area contributed by atoms with Crippen molar-refractivity contribution >= 4 is 11.8 Å². The van der Waals surface area contributed by atoms with E-state index in [0.29, 0.717) is 45.4 Å². The number of rotatable bonds is 6. The van der Waals surface area contributed by atoms with E-state index < -0.39 is 0 Å². The average molecular weight is 356 g/mol. The fourth-order valence-electron chi connectivity index (χ4n) is 3.08. The van der Waals surface area contributed by atoms with Crippen LogP contribution in [0.25, 0.3) is 0 Å². The van der Waals surface area contributed by atoms with Crippen LogP contribution in [0.2, 0.25) is 0 Å². The Hall–Kier alpha value is -2.76. The Morgan fingerprint density at radius 2 is 1.65 bits per heavy atom. The Bertz CT molecular complexity index is 717. The number of carbonyl (C=O) groups is 2. The van der Waals surface area contributed by atoms with Gasteiger partial charge in [-0.05, 0) is 29.8 Å². The van der Waals surface area contributed by atoms with Gasteiger partial charge in [-0.1, -0.05) is 12.1 Å². The fraction of sp³-hybridized carbons (Fsp3) is 0.400. The molecule has 0 spiro atoms. The predicted molar refractivity (Wildman–Crippen MR) is 96.9 cm³/mol. The summed E-state index contributed by atoms with van der Waals surface area (Å²) in [5.41, 5.74) is 0.966. The van der Waals surface area contributed by atoms with Crippen LogP contribution >= 0.6 is 0 Å². The quantitative estimate of drug-likeness (QED) is 0.795. The van der Waals surface area contributed by atoms with Crippen LogP contribution in [-0.2, 0) is 22.4 Å². The maximum absolute atomic E-state index is 12.5. The Balaban J connectivity index is 1.43. The van der Waals surface area contributed by atoms with Crippen molar-refractivity contribution in [2.45, 2.75) is 19.3 Å². The maximum atomic E-state index is 12.5. The summed E-state index contributed by atoms with van der Waals surface area (Å²) in [4.78, 5) is 28.4. The second-order valence-electron chi connectivity index (χ2n) is 6.37. The largest absolute Gasteiger partial charge is 0.497 e. The summed E-state index contributed by atoms with van der Waals surface area (Å²) in [6, 6.07) is 11.2. The number of methoxy groups -OCH3 is 1. The molecule has 1 aromatic carbocycles. The molecule has 138 valence electrons. The Kier molecular flexibility index (Phi) is 5.94. The van der Waals surface area contributed by atoms with Crippen molar-refractivity contribution in [2.75, 3.05) is 33.3 Å². The minimum atomic E-state index is 0.0952. The molecule has 0 radical (unpaired) electrons. The van der Waals surface area contributed by atoms with Gasteiger partial charge in [0.25, 0.3) is 0 Å². The van der Waals surface area contributed by atoms with E-state index in [2.05, 4.69) is 0 Å². The zero-order valence-electron chi connectivity index (χ0n) is 15.0. The second-order valence-corrected chi connectivity index (χ2v) is 6.37. The summed E-state index contributed by atoms with van der Waals surface area (Å²) < 4.78 is 10.4. The average Bonchev–Trinajstić information content (AvgIpc) is 3.20. The first-order chi connectivity index (χ1) is 12.7. The number of carbonyl (C=O) groups excluding carboxylic acids is 2. The lowest BCUT2D eigenvalue weighted by Crippen LogP contribution is -2.51. The Morgan fingerprint density at radius 3 is 2.23 bits per heavy atom. The van der Waals surface area contributed by atoms with Gasteiger partial charge >= 0.3 is 0 Å². The first-order valence-corrected chi connectivity index (χ1v) is 8.86. The molecule has 0 unspecified atom stereocenters. The van der Waals surface area contributed by atoms with Crippen molar-refractivity contribution < 1.29 is 18.7 Å². The minimum Gasteiger partial charge on any atom is -0.497 e. The van der Waals surface area contributed by atoms with E-state index in [0.717, 1.165) is 17.1 Å². The number of piperazine rings is 1. The van der Waals surface area contributed by atoms with Gasteiger partial charge in [-0.3, -0.25) is 9.59 Å². The summed E-state index contributed by atoms with van der Waals surface area (Å²) in [5, 5.41) is 0. The van der Waals surface area contributed by atoms with Gasteiger partial charge in [0.1, 0.15) is 11.5 Å². The van der Waals surface area contributed by atoms with E-state index in [9.17, 15) is 9.59 Å². The van der Waals surface area contributed by atoms with Gasteiger partial charge in [0.15, 0.2) is 0 Å². The van der Waals surface area contributed by atoms with Gasteiger partial charge in [-0.2, -0.15) is 0 Å². The third-order valence-electron chi connectivity index (χ3n) is 4.66. The fourth-order valence-corrected chi connectivity index (χ4v) is 3.08. The highest BCUT2D eigenvalue weighted by Gasteiger charge is 2.24. The third kappa shape index (κ3) is 4.65. The van der Waals surface area contributed by atoms with Crippen LogP contribution in [0.15, 0.2) is 47.1 Å². The van der Waals surface area contributed by atoms with Crippen molar-refractivity contribution in [3.8, 4) is 5.75 Å². The summed E-state index contributed by atoms with van der Waals surface area (Å²) in [7, 11) is 1.62. The van der Waals surface area contributed by atoms with Crippen LogP contribution in [0.3, 0.4) is 0 Å². The van der Waals surface area contributed by atoms with E-state index >= 15 is 0 Å². The molecule has 0 atom stereocenters. The number of amides is 2. The molecule has 2 aromatic rings. The molecular weight excluding hydrogens is 332 g/mol. The molecule has 6 nitrogen and oxygen atoms in total. The maximum Gasteiger partial charge on any atom is 0.227 e. The Morgan fingerprint density at radius 1 is 1.00 bits per heavy atom. The molecule has 1 fully saturated rings. The lowest BCUT2D eigenvalue weighted by molar-refractivity contribution is -0.139. The number of nitrogens with zero attached hydrogens (tertiary/aromatic N) is 2. The van der Waals surface area contributed by atoms with Crippen LogP contribution < -0.4 is 4.74 Å². The molecule has 2 amide bonds. The van der Waals surface area contributed by atoms with Crippen LogP contribution in [0.1, 0.15) is 17.7 Å². The van der Waals surface area contributed by atoms with Crippen molar-refractivity contribution in [1.82, 2.24) is 9.80 Å². The molecule has 0 N–H and O–H groups in total. The zero-order chi connectivity index (χ0) is 18.4. The molecule has 2 heterocycles. The van der Waals surface area contributed by atoms with Gasteiger partial charge < -0.3 is 19.0 Å². The van der Waals surface area contributed by atoms with E-state index in [1.807, 2.05) is 46.2 Å². The van der Waals surface area contributed by atoms with Gasteiger partial charge in [0, 0.05) is 39.0 Å². The predicted octanol–water partition coefficient (Wildman–Crippen LogP) is 2.13. The number of furan rings is 1.